The highest BCUT2D eigenvalue weighted by Crippen LogP contribution is 2.34. The maximum absolute atomic E-state index is 12.4. The molecule has 3 aliphatic rings. The summed E-state index contributed by atoms with van der Waals surface area (Å²) in [6.45, 7) is 5.59. The third-order valence-corrected chi connectivity index (χ3v) is 5.81. The molecule has 132 valence electrons. The van der Waals surface area contributed by atoms with E-state index in [1.54, 1.807) is 7.11 Å². The molecule has 2 heterocycles. The van der Waals surface area contributed by atoms with Gasteiger partial charge in [0.05, 0.1) is 18.8 Å². The summed E-state index contributed by atoms with van der Waals surface area (Å²) in [5, 5.41) is 3.09. The molecule has 3 rings (SSSR count). The molecule has 1 N–H and O–H groups in total. The van der Waals surface area contributed by atoms with Gasteiger partial charge < -0.3 is 24.4 Å². The topological polar surface area (TPSA) is 60.0 Å². The summed E-state index contributed by atoms with van der Waals surface area (Å²) in [6.07, 6.45) is 5.90. The van der Waals surface area contributed by atoms with Crippen LogP contribution in [-0.2, 0) is 14.2 Å². The predicted molar refractivity (Wildman–Crippen MR) is 86.2 cm³/mol. The molecular weight excluding hydrogens is 296 g/mol. The lowest BCUT2D eigenvalue weighted by Gasteiger charge is -2.40. The molecule has 0 aromatic carbocycles. The maximum atomic E-state index is 12.4. The van der Waals surface area contributed by atoms with Gasteiger partial charge in [-0.3, -0.25) is 0 Å². The quantitative estimate of drug-likeness (QED) is 0.863. The van der Waals surface area contributed by atoms with E-state index in [1.165, 1.54) is 12.8 Å². The summed E-state index contributed by atoms with van der Waals surface area (Å²) in [4.78, 5) is 14.3. The van der Waals surface area contributed by atoms with Gasteiger partial charge in [-0.1, -0.05) is 6.92 Å². The zero-order valence-corrected chi connectivity index (χ0v) is 14.4. The highest BCUT2D eigenvalue weighted by atomic mass is 16.7. The molecule has 1 spiro atoms. The largest absolute Gasteiger partial charge is 0.376 e. The van der Waals surface area contributed by atoms with Gasteiger partial charge in [0.15, 0.2) is 5.79 Å². The average Bonchev–Trinajstić information content (AvgIpc) is 3.03. The number of likely N-dealkylation sites (tertiary alicyclic amines) is 1. The van der Waals surface area contributed by atoms with E-state index in [-0.39, 0.29) is 11.6 Å². The van der Waals surface area contributed by atoms with Crippen molar-refractivity contribution >= 4 is 6.03 Å². The van der Waals surface area contributed by atoms with Crippen molar-refractivity contribution < 1.29 is 19.0 Å². The molecule has 6 heteroatoms. The number of amides is 2. The van der Waals surface area contributed by atoms with Crippen LogP contribution in [0.1, 0.15) is 45.4 Å². The Kier molecular flexibility index (Phi) is 5.13. The molecule has 0 bridgehead atoms. The Bertz CT molecular complexity index is 405. The first kappa shape index (κ1) is 17.0. The third kappa shape index (κ3) is 3.80. The van der Waals surface area contributed by atoms with Gasteiger partial charge in [0.1, 0.15) is 0 Å². The maximum Gasteiger partial charge on any atom is 0.317 e. The SMILES string of the molecule is COC1(CNC(=O)N2CCC3(CC2)OCCO3)CCC(C)CC1. The Balaban J connectivity index is 1.46. The molecule has 1 saturated carbocycles. The van der Waals surface area contributed by atoms with E-state index in [1.807, 2.05) is 4.90 Å². The zero-order valence-electron chi connectivity index (χ0n) is 14.4. The summed E-state index contributed by atoms with van der Waals surface area (Å²) in [5.41, 5.74) is -0.184. The van der Waals surface area contributed by atoms with Gasteiger partial charge in [0.2, 0.25) is 0 Å². The Morgan fingerprint density at radius 1 is 1.17 bits per heavy atom. The molecule has 0 aromatic heterocycles. The monoisotopic (exact) mass is 326 g/mol. The van der Waals surface area contributed by atoms with E-state index < -0.39 is 5.79 Å². The summed E-state index contributed by atoms with van der Waals surface area (Å²) < 4.78 is 17.2. The van der Waals surface area contributed by atoms with E-state index in [0.29, 0.717) is 32.8 Å². The fraction of sp³-hybridized carbons (Fsp3) is 0.941. The van der Waals surface area contributed by atoms with Crippen LogP contribution in [0.3, 0.4) is 0 Å². The summed E-state index contributed by atoms with van der Waals surface area (Å²) >= 11 is 0. The van der Waals surface area contributed by atoms with Gasteiger partial charge in [-0.05, 0) is 31.6 Å². The first-order valence-electron chi connectivity index (χ1n) is 8.92. The fourth-order valence-corrected chi connectivity index (χ4v) is 3.93. The number of carbonyl (C=O) groups is 1. The van der Waals surface area contributed by atoms with Crippen LogP contribution in [0.15, 0.2) is 0 Å². The molecule has 0 radical (unpaired) electrons. The first-order chi connectivity index (χ1) is 11.1. The van der Waals surface area contributed by atoms with Crippen molar-refractivity contribution in [3.05, 3.63) is 0 Å². The number of ether oxygens (including phenoxy) is 3. The molecule has 2 saturated heterocycles. The molecule has 1 aliphatic carbocycles. The minimum Gasteiger partial charge on any atom is -0.376 e. The lowest BCUT2D eigenvalue weighted by Crippen LogP contribution is -2.53. The summed E-state index contributed by atoms with van der Waals surface area (Å²) in [6, 6.07) is 0.00731. The van der Waals surface area contributed by atoms with Crippen LogP contribution < -0.4 is 5.32 Å². The van der Waals surface area contributed by atoms with Crippen molar-refractivity contribution in [3.8, 4) is 0 Å². The van der Waals surface area contributed by atoms with Crippen LogP contribution in [0.4, 0.5) is 4.79 Å². The molecule has 6 nitrogen and oxygen atoms in total. The highest BCUT2D eigenvalue weighted by Gasteiger charge is 2.41. The minimum atomic E-state index is -0.427. The second-order valence-corrected chi connectivity index (χ2v) is 7.32. The van der Waals surface area contributed by atoms with Crippen molar-refractivity contribution in [2.75, 3.05) is 40.0 Å². The van der Waals surface area contributed by atoms with Gasteiger partial charge in [0, 0.05) is 39.6 Å². The Hall–Kier alpha value is -0.850. The van der Waals surface area contributed by atoms with E-state index in [0.717, 1.165) is 31.6 Å². The molecule has 23 heavy (non-hydrogen) atoms. The van der Waals surface area contributed by atoms with Crippen molar-refractivity contribution in [2.24, 2.45) is 5.92 Å². The highest BCUT2D eigenvalue weighted by molar-refractivity contribution is 5.74. The van der Waals surface area contributed by atoms with Gasteiger partial charge in [-0.15, -0.1) is 0 Å². The van der Waals surface area contributed by atoms with Crippen LogP contribution in [0.5, 0.6) is 0 Å². The fourth-order valence-electron chi connectivity index (χ4n) is 3.93. The van der Waals surface area contributed by atoms with Gasteiger partial charge in [-0.2, -0.15) is 0 Å². The van der Waals surface area contributed by atoms with Crippen molar-refractivity contribution in [1.29, 1.82) is 0 Å². The van der Waals surface area contributed by atoms with Crippen LogP contribution >= 0.6 is 0 Å². The van der Waals surface area contributed by atoms with E-state index in [4.69, 9.17) is 14.2 Å². The first-order valence-corrected chi connectivity index (χ1v) is 8.92. The van der Waals surface area contributed by atoms with Crippen LogP contribution in [0.2, 0.25) is 0 Å². The minimum absolute atomic E-state index is 0.00731. The normalized spacial score (nSPS) is 33.8. The van der Waals surface area contributed by atoms with Gasteiger partial charge in [-0.25, -0.2) is 4.79 Å². The zero-order chi connectivity index (χ0) is 16.3. The molecule has 2 amide bonds. The summed E-state index contributed by atoms with van der Waals surface area (Å²) in [5.74, 6) is 0.336. The van der Waals surface area contributed by atoms with Gasteiger partial charge >= 0.3 is 6.03 Å². The molecule has 0 unspecified atom stereocenters. The lowest BCUT2D eigenvalue weighted by atomic mass is 9.79. The number of hydrogen-bond acceptors (Lipinski definition) is 4. The lowest BCUT2D eigenvalue weighted by molar-refractivity contribution is -0.181. The number of carbonyl (C=O) groups excluding carboxylic acids is 1. The predicted octanol–water partition coefficient (Wildman–Crippen LogP) is 2.13. The second kappa shape index (κ2) is 6.95. The number of hydrogen-bond donors (Lipinski definition) is 1. The molecule has 2 aliphatic heterocycles. The smallest absolute Gasteiger partial charge is 0.317 e. The van der Waals surface area contributed by atoms with Crippen LogP contribution in [0.25, 0.3) is 0 Å². The molecule has 0 atom stereocenters. The van der Waals surface area contributed by atoms with E-state index in [2.05, 4.69) is 12.2 Å². The Morgan fingerprint density at radius 2 is 1.78 bits per heavy atom. The van der Waals surface area contributed by atoms with E-state index in [9.17, 15) is 4.79 Å². The van der Waals surface area contributed by atoms with Crippen LogP contribution in [0, 0.1) is 5.92 Å². The second-order valence-electron chi connectivity index (χ2n) is 7.32. The number of piperidine rings is 1. The number of urea groups is 1. The molecular formula is C17H30N2O4. The van der Waals surface area contributed by atoms with Crippen LogP contribution in [-0.4, -0.2) is 62.3 Å². The van der Waals surface area contributed by atoms with Crippen molar-refractivity contribution in [2.45, 2.75) is 56.8 Å². The van der Waals surface area contributed by atoms with Gasteiger partial charge in [0.25, 0.3) is 0 Å². The standard InChI is InChI=1S/C17H30N2O4/c1-14-3-5-16(21-2,6-4-14)13-18-15(20)19-9-7-17(8-10-19)22-11-12-23-17/h14H,3-13H2,1-2H3,(H,18,20). The Labute approximate surface area is 138 Å². The van der Waals surface area contributed by atoms with E-state index >= 15 is 0 Å². The Morgan fingerprint density at radius 3 is 2.35 bits per heavy atom. The number of rotatable bonds is 3. The summed E-state index contributed by atoms with van der Waals surface area (Å²) in [7, 11) is 1.77. The third-order valence-electron chi connectivity index (χ3n) is 5.81. The number of nitrogens with one attached hydrogen (secondary N) is 1. The average molecular weight is 326 g/mol. The number of nitrogens with zero attached hydrogens (tertiary/aromatic N) is 1. The van der Waals surface area contributed by atoms with Crippen molar-refractivity contribution in [1.82, 2.24) is 10.2 Å². The molecule has 0 aromatic rings. The van der Waals surface area contributed by atoms with Crippen molar-refractivity contribution in [3.63, 3.8) is 0 Å². The number of methoxy groups -OCH3 is 1. The molecule has 3 fully saturated rings.